The molecular formula is C19H22BrN3O2. The molecule has 0 bridgehead atoms. The first-order valence-corrected chi connectivity index (χ1v) is 9.43. The third-order valence-corrected chi connectivity index (χ3v) is 5.30. The Bertz CT molecular complexity index is 794. The molecule has 6 heteroatoms. The normalized spacial score (nSPS) is 25.0. The van der Waals surface area contributed by atoms with Crippen LogP contribution < -0.4 is 0 Å². The van der Waals surface area contributed by atoms with Gasteiger partial charge in [-0.1, -0.05) is 28.1 Å². The number of fused-ring (bicyclic) bond motifs is 1. The Labute approximate surface area is 155 Å². The summed E-state index contributed by atoms with van der Waals surface area (Å²) < 4.78 is 6.66. The standard InChI is InChI=1S/C19H22BrN3O2/c1-19(2,3)25-18(24)23-15-8-12(15)9-16(23)17-21-10-14(22-17)11-4-6-13(20)7-5-11/h4-7,10,12,15-16H,8-9H2,1-3H3,(H,21,22)/t12?,15?,16-/m0/s1. The Balaban J connectivity index is 1.57. The molecule has 132 valence electrons. The van der Waals surface area contributed by atoms with E-state index in [1.54, 1.807) is 0 Å². The van der Waals surface area contributed by atoms with E-state index in [1.807, 2.05) is 56.1 Å². The molecule has 1 N–H and O–H groups in total. The summed E-state index contributed by atoms with van der Waals surface area (Å²) in [5, 5.41) is 0. The molecule has 0 radical (unpaired) electrons. The third-order valence-electron chi connectivity index (χ3n) is 4.78. The largest absolute Gasteiger partial charge is 0.444 e. The molecule has 2 unspecified atom stereocenters. The number of aromatic amines is 1. The minimum Gasteiger partial charge on any atom is -0.444 e. The number of amides is 1. The number of ether oxygens (including phenoxy) is 1. The molecule has 1 saturated carbocycles. The van der Waals surface area contributed by atoms with Crippen LogP contribution in [0.5, 0.6) is 0 Å². The summed E-state index contributed by atoms with van der Waals surface area (Å²) >= 11 is 3.45. The van der Waals surface area contributed by atoms with Crippen molar-refractivity contribution in [3.05, 3.63) is 40.8 Å². The molecular weight excluding hydrogens is 382 g/mol. The lowest BCUT2D eigenvalue weighted by atomic mass is 10.1. The van der Waals surface area contributed by atoms with Crippen molar-refractivity contribution in [2.45, 2.75) is 51.3 Å². The van der Waals surface area contributed by atoms with Gasteiger partial charge in [0.25, 0.3) is 0 Å². The average Bonchev–Trinajstić information content (AvgIpc) is 2.97. The van der Waals surface area contributed by atoms with Crippen molar-refractivity contribution in [1.82, 2.24) is 14.9 Å². The summed E-state index contributed by atoms with van der Waals surface area (Å²) in [7, 11) is 0. The topological polar surface area (TPSA) is 58.2 Å². The number of carbonyl (C=O) groups is 1. The van der Waals surface area contributed by atoms with Gasteiger partial charge in [-0.25, -0.2) is 9.78 Å². The van der Waals surface area contributed by atoms with Gasteiger partial charge in [-0.05, 0) is 57.2 Å². The molecule has 4 rings (SSSR count). The maximum atomic E-state index is 12.7. The van der Waals surface area contributed by atoms with Gasteiger partial charge in [0, 0.05) is 10.5 Å². The summed E-state index contributed by atoms with van der Waals surface area (Å²) in [6.07, 6.45) is 3.65. The monoisotopic (exact) mass is 403 g/mol. The van der Waals surface area contributed by atoms with Crippen molar-refractivity contribution < 1.29 is 9.53 Å². The van der Waals surface area contributed by atoms with Crippen molar-refractivity contribution in [2.24, 2.45) is 5.92 Å². The molecule has 2 aromatic rings. The molecule has 3 atom stereocenters. The van der Waals surface area contributed by atoms with Gasteiger partial charge < -0.3 is 9.72 Å². The number of nitrogens with zero attached hydrogens (tertiary/aromatic N) is 2. The summed E-state index contributed by atoms with van der Waals surface area (Å²) in [5.41, 5.74) is 1.56. The highest BCUT2D eigenvalue weighted by molar-refractivity contribution is 9.10. The maximum Gasteiger partial charge on any atom is 0.411 e. The van der Waals surface area contributed by atoms with Crippen LogP contribution in [0.25, 0.3) is 11.3 Å². The van der Waals surface area contributed by atoms with Crippen molar-refractivity contribution >= 4 is 22.0 Å². The molecule has 2 aliphatic rings. The van der Waals surface area contributed by atoms with Crippen LogP contribution in [0.2, 0.25) is 0 Å². The maximum absolute atomic E-state index is 12.7. The Morgan fingerprint density at radius 3 is 2.68 bits per heavy atom. The highest BCUT2D eigenvalue weighted by atomic mass is 79.9. The number of piperidine rings is 1. The number of hydrogen-bond donors (Lipinski definition) is 1. The molecule has 1 aromatic heterocycles. The number of nitrogens with one attached hydrogen (secondary N) is 1. The van der Waals surface area contributed by atoms with Gasteiger partial charge in [0.2, 0.25) is 0 Å². The molecule has 25 heavy (non-hydrogen) atoms. The highest BCUT2D eigenvalue weighted by Crippen LogP contribution is 2.53. The van der Waals surface area contributed by atoms with Crippen LogP contribution >= 0.6 is 15.9 Å². The smallest absolute Gasteiger partial charge is 0.411 e. The summed E-state index contributed by atoms with van der Waals surface area (Å²) in [6, 6.07) is 8.38. The molecule has 1 aromatic carbocycles. The second-order valence-electron chi connectivity index (χ2n) is 7.89. The quantitative estimate of drug-likeness (QED) is 0.774. The number of H-pyrrole nitrogens is 1. The van der Waals surface area contributed by atoms with Crippen LogP contribution in [0.4, 0.5) is 4.79 Å². The fraction of sp³-hybridized carbons (Fsp3) is 0.474. The number of halogens is 1. The second-order valence-corrected chi connectivity index (χ2v) is 8.81. The zero-order valence-electron chi connectivity index (χ0n) is 14.6. The highest BCUT2D eigenvalue weighted by Gasteiger charge is 2.56. The molecule has 2 fully saturated rings. The second kappa shape index (κ2) is 5.87. The number of benzene rings is 1. The van der Waals surface area contributed by atoms with Crippen LogP contribution in [-0.4, -0.2) is 32.6 Å². The van der Waals surface area contributed by atoms with Gasteiger partial charge in [-0.3, -0.25) is 4.90 Å². The Hall–Kier alpha value is -1.82. The SMILES string of the molecule is CC(C)(C)OC(=O)N1C2CC2C[C@H]1c1ncc(-c2ccc(Br)cc2)[nH]1. The third kappa shape index (κ3) is 3.32. The van der Waals surface area contributed by atoms with E-state index < -0.39 is 5.60 Å². The van der Waals surface area contributed by atoms with E-state index in [1.165, 1.54) is 0 Å². The average molecular weight is 404 g/mol. The van der Waals surface area contributed by atoms with E-state index in [-0.39, 0.29) is 12.1 Å². The van der Waals surface area contributed by atoms with E-state index in [0.717, 1.165) is 34.4 Å². The van der Waals surface area contributed by atoms with Crippen molar-refractivity contribution in [1.29, 1.82) is 0 Å². The minimum atomic E-state index is -0.486. The molecule has 1 saturated heterocycles. The Kier molecular flexibility index (Phi) is 3.90. The number of imidazole rings is 1. The van der Waals surface area contributed by atoms with Gasteiger partial charge in [0.15, 0.2) is 0 Å². The first-order chi connectivity index (χ1) is 11.8. The van der Waals surface area contributed by atoms with Crippen molar-refractivity contribution in [2.75, 3.05) is 0 Å². The summed E-state index contributed by atoms with van der Waals surface area (Å²) in [6.45, 7) is 5.71. The van der Waals surface area contributed by atoms with E-state index >= 15 is 0 Å². The molecule has 0 spiro atoms. The van der Waals surface area contributed by atoms with E-state index in [2.05, 4.69) is 25.9 Å². The van der Waals surface area contributed by atoms with E-state index in [0.29, 0.717) is 12.0 Å². The van der Waals surface area contributed by atoms with Gasteiger partial charge in [-0.2, -0.15) is 0 Å². The lowest BCUT2D eigenvalue weighted by Crippen LogP contribution is -2.38. The lowest BCUT2D eigenvalue weighted by Gasteiger charge is -2.29. The zero-order chi connectivity index (χ0) is 17.8. The Morgan fingerprint density at radius 1 is 1.28 bits per heavy atom. The number of aromatic nitrogens is 2. The van der Waals surface area contributed by atoms with Gasteiger partial charge >= 0.3 is 6.09 Å². The fourth-order valence-electron chi connectivity index (χ4n) is 3.56. The van der Waals surface area contributed by atoms with Crippen molar-refractivity contribution in [3.63, 3.8) is 0 Å². The predicted molar refractivity (Wildman–Crippen MR) is 99.0 cm³/mol. The van der Waals surface area contributed by atoms with Crippen LogP contribution in [0.15, 0.2) is 34.9 Å². The molecule has 1 aliphatic carbocycles. The van der Waals surface area contributed by atoms with Crippen LogP contribution in [0.3, 0.4) is 0 Å². The molecule has 5 nitrogen and oxygen atoms in total. The number of likely N-dealkylation sites (tertiary alicyclic amines) is 1. The van der Waals surface area contributed by atoms with Gasteiger partial charge in [0.05, 0.1) is 17.9 Å². The van der Waals surface area contributed by atoms with E-state index in [9.17, 15) is 4.79 Å². The molecule has 1 aliphatic heterocycles. The first-order valence-electron chi connectivity index (χ1n) is 8.64. The van der Waals surface area contributed by atoms with Gasteiger partial charge in [0.1, 0.15) is 11.4 Å². The Morgan fingerprint density at radius 2 is 2.00 bits per heavy atom. The fourth-order valence-corrected chi connectivity index (χ4v) is 3.82. The predicted octanol–water partition coefficient (Wildman–Crippen LogP) is 4.91. The minimum absolute atomic E-state index is 0.0252. The van der Waals surface area contributed by atoms with Gasteiger partial charge in [-0.15, -0.1) is 0 Å². The van der Waals surface area contributed by atoms with Crippen molar-refractivity contribution in [3.8, 4) is 11.3 Å². The lowest BCUT2D eigenvalue weighted by molar-refractivity contribution is 0.0175. The number of rotatable bonds is 2. The summed E-state index contributed by atoms with van der Waals surface area (Å²) in [5.74, 6) is 1.43. The molecule has 1 amide bonds. The van der Waals surface area contributed by atoms with E-state index in [4.69, 9.17) is 4.74 Å². The van der Waals surface area contributed by atoms with Crippen LogP contribution in [-0.2, 0) is 4.74 Å². The summed E-state index contributed by atoms with van der Waals surface area (Å²) in [4.78, 5) is 22.5. The molecule has 2 heterocycles. The number of hydrogen-bond acceptors (Lipinski definition) is 3. The van der Waals surface area contributed by atoms with Crippen LogP contribution in [0.1, 0.15) is 45.5 Å². The zero-order valence-corrected chi connectivity index (χ0v) is 16.2. The first kappa shape index (κ1) is 16.6. The van der Waals surface area contributed by atoms with Crippen LogP contribution in [0, 0.1) is 5.92 Å². The number of carbonyl (C=O) groups excluding carboxylic acids is 1.